The van der Waals surface area contributed by atoms with Gasteiger partial charge in [-0.1, -0.05) is 12.1 Å². The summed E-state index contributed by atoms with van der Waals surface area (Å²) in [5, 5.41) is 8.49. The molecular weight excluding hydrogens is 132 g/mol. The van der Waals surface area contributed by atoms with Crippen molar-refractivity contribution in [1.82, 2.24) is 0 Å². The summed E-state index contributed by atoms with van der Waals surface area (Å²) in [6, 6.07) is 6.36. The molecule has 0 saturated carbocycles. The van der Waals surface area contributed by atoms with Crippen LogP contribution in [0, 0.1) is 0 Å². The van der Waals surface area contributed by atoms with Crippen molar-refractivity contribution in [3.63, 3.8) is 0 Å². The minimum atomic E-state index is -0.988. The van der Waals surface area contributed by atoms with E-state index in [1.165, 1.54) is 6.07 Å². The predicted octanol–water partition coefficient (Wildman–Crippen LogP) is 0.967. The maximum atomic E-state index is 10.3. The van der Waals surface area contributed by atoms with Crippen molar-refractivity contribution < 1.29 is 9.90 Å². The summed E-state index contributed by atoms with van der Waals surface area (Å²) in [5.41, 5.74) is 5.80. The van der Waals surface area contributed by atoms with E-state index in [4.69, 9.17) is 10.8 Å². The van der Waals surface area contributed by atoms with Crippen LogP contribution in [0.5, 0.6) is 0 Å². The lowest BCUT2D eigenvalue weighted by atomic mass is 10.5. The number of rotatable bonds is 1. The van der Waals surface area contributed by atoms with Crippen LogP contribution < -0.4 is 5.73 Å². The first-order valence-corrected chi connectivity index (χ1v) is 2.79. The van der Waals surface area contributed by atoms with Gasteiger partial charge in [-0.25, -0.2) is 4.79 Å². The van der Waals surface area contributed by atoms with Gasteiger partial charge >= 0.3 is 5.97 Å². The fraction of sp³-hybridized carbons (Fsp3) is 0. The zero-order valence-electron chi connectivity index (χ0n) is 5.24. The van der Waals surface area contributed by atoms with Crippen LogP contribution in [0.25, 0.3) is 0 Å². The van der Waals surface area contributed by atoms with Gasteiger partial charge in [0.15, 0.2) is 0 Å². The standard InChI is InChI=1S/C7H7NO2/c8-6-4-2-1-3-5(6)7(9)10/h1-4H,8H2,(H,9,10)/i5+1,6+1. The Bertz CT molecular complexity index is 258. The van der Waals surface area contributed by atoms with Crippen LogP contribution in [0.15, 0.2) is 24.3 Å². The molecule has 3 nitrogen and oxygen atoms in total. The number of carboxylic acid groups (broad SMARTS) is 1. The Kier molecular flexibility index (Phi) is 1.58. The molecule has 0 aliphatic rings. The van der Waals surface area contributed by atoms with Crippen molar-refractivity contribution >= 4 is 11.7 Å². The summed E-state index contributed by atoms with van der Waals surface area (Å²) in [7, 11) is 0. The first-order chi connectivity index (χ1) is 4.72. The van der Waals surface area contributed by atoms with Gasteiger partial charge in [0.1, 0.15) is 0 Å². The van der Waals surface area contributed by atoms with E-state index < -0.39 is 5.97 Å². The summed E-state index contributed by atoms with van der Waals surface area (Å²) < 4.78 is 0. The van der Waals surface area contributed by atoms with Crippen LogP contribution in [-0.4, -0.2) is 11.1 Å². The predicted molar refractivity (Wildman–Crippen MR) is 37.8 cm³/mol. The highest BCUT2D eigenvalue weighted by molar-refractivity contribution is 5.93. The molecule has 0 atom stereocenters. The summed E-state index contributed by atoms with van der Waals surface area (Å²) in [6.45, 7) is 0. The van der Waals surface area contributed by atoms with Crippen molar-refractivity contribution in [3.8, 4) is 0 Å². The highest BCUT2D eigenvalue weighted by Gasteiger charge is 2.03. The third-order valence-corrected chi connectivity index (χ3v) is 1.19. The molecule has 0 saturated heterocycles. The molecule has 1 rings (SSSR count). The van der Waals surface area contributed by atoms with Crippen molar-refractivity contribution in [2.75, 3.05) is 5.73 Å². The molecule has 52 valence electrons. The lowest BCUT2D eigenvalue weighted by Gasteiger charge is -1.96. The van der Waals surface area contributed by atoms with Crippen molar-refractivity contribution in [3.05, 3.63) is 29.8 Å². The Morgan fingerprint density at radius 2 is 2.00 bits per heavy atom. The fourth-order valence-corrected chi connectivity index (χ4v) is 0.692. The third kappa shape index (κ3) is 1.07. The monoisotopic (exact) mass is 139 g/mol. The number of para-hydroxylation sites is 1. The van der Waals surface area contributed by atoms with E-state index in [1.807, 2.05) is 0 Å². The summed E-state index contributed by atoms with van der Waals surface area (Å²) >= 11 is 0. The molecule has 0 unspecified atom stereocenters. The highest BCUT2D eigenvalue weighted by Crippen LogP contribution is 2.08. The van der Waals surface area contributed by atoms with Gasteiger partial charge in [0, 0.05) is 5.69 Å². The van der Waals surface area contributed by atoms with Gasteiger partial charge < -0.3 is 10.8 Å². The van der Waals surface area contributed by atoms with Crippen molar-refractivity contribution in [2.45, 2.75) is 0 Å². The van der Waals surface area contributed by atoms with Crippen LogP contribution in [0.3, 0.4) is 0 Å². The van der Waals surface area contributed by atoms with E-state index in [2.05, 4.69) is 0 Å². The number of anilines is 1. The second kappa shape index (κ2) is 2.39. The molecule has 0 aliphatic carbocycles. The molecule has 0 radical (unpaired) electrons. The Balaban J connectivity index is 3.15. The zero-order chi connectivity index (χ0) is 7.56. The van der Waals surface area contributed by atoms with Gasteiger partial charge in [-0.2, -0.15) is 0 Å². The van der Waals surface area contributed by atoms with E-state index in [0.717, 1.165) is 0 Å². The molecule has 0 aromatic heterocycles. The molecule has 1 aromatic carbocycles. The quantitative estimate of drug-likeness (QED) is 0.570. The highest BCUT2D eigenvalue weighted by atomic mass is 16.4. The van der Waals surface area contributed by atoms with Crippen LogP contribution in [0.4, 0.5) is 5.69 Å². The summed E-state index contributed by atoms with van der Waals surface area (Å²) in [6.07, 6.45) is 0. The average molecular weight is 139 g/mol. The first-order valence-electron chi connectivity index (χ1n) is 2.79. The SMILES string of the molecule is N[13c]1cccc[13c]1C(=O)O. The van der Waals surface area contributed by atoms with Crippen LogP contribution >= 0.6 is 0 Å². The maximum absolute atomic E-state index is 10.3. The number of hydrogen-bond donors (Lipinski definition) is 2. The number of carbonyl (C=O) groups is 1. The van der Waals surface area contributed by atoms with Crippen LogP contribution in [0.1, 0.15) is 10.4 Å². The van der Waals surface area contributed by atoms with Gasteiger partial charge in [-0.15, -0.1) is 0 Å². The number of carboxylic acids is 1. The number of aromatic carboxylic acids is 1. The molecular formula is C7H7NO2. The molecule has 0 bridgehead atoms. The molecule has 0 amide bonds. The molecule has 0 heterocycles. The minimum Gasteiger partial charge on any atom is -0.478 e. The largest absolute Gasteiger partial charge is 0.478 e. The normalized spacial score (nSPS) is 9.20. The molecule has 3 heteroatoms. The molecule has 0 spiro atoms. The Hall–Kier alpha value is -1.51. The molecule has 10 heavy (non-hydrogen) atoms. The second-order valence-corrected chi connectivity index (χ2v) is 1.89. The lowest BCUT2D eigenvalue weighted by Crippen LogP contribution is -2.00. The molecule has 3 N–H and O–H groups in total. The Labute approximate surface area is 58.1 Å². The van der Waals surface area contributed by atoms with Crippen molar-refractivity contribution in [2.24, 2.45) is 0 Å². The smallest absolute Gasteiger partial charge is 0.337 e. The third-order valence-electron chi connectivity index (χ3n) is 1.19. The Morgan fingerprint density at radius 3 is 2.40 bits per heavy atom. The van der Waals surface area contributed by atoms with E-state index in [0.29, 0.717) is 5.69 Å². The number of benzene rings is 1. The summed E-state index contributed by atoms with van der Waals surface area (Å²) in [5.74, 6) is -0.988. The van der Waals surface area contributed by atoms with E-state index in [1.54, 1.807) is 18.2 Å². The first kappa shape index (κ1) is 6.61. The van der Waals surface area contributed by atoms with E-state index in [9.17, 15) is 4.79 Å². The molecule has 1 aromatic rings. The van der Waals surface area contributed by atoms with E-state index >= 15 is 0 Å². The van der Waals surface area contributed by atoms with Gasteiger partial charge in [0.25, 0.3) is 0 Å². The maximum Gasteiger partial charge on any atom is 0.337 e. The van der Waals surface area contributed by atoms with Gasteiger partial charge in [0.2, 0.25) is 0 Å². The number of nitrogen functional groups attached to an aromatic ring is 1. The summed E-state index contributed by atoms with van der Waals surface area (Å²) in [4.78, 5) is 10.3. The molecule has 0 aliphatic heterocycles. The average Bonchev–Trinajstić information content (AvgIpc) is 1.88. The minimum absolute atomic E-state index is 0.155. The van der Waals surface area contributed by atoms with Crippen molar-refractivity contribution in [1.29, 1.82) is 0 Å². The number of hydrogen-bond acceptors (Lipinski definition) is 2. The Morgan fingerprint density at radius 1 is 1.40 bits per heavy atom. The van der Waals surface area contributed by atoms with Gasteiger partial charge in [-0.3, -0.25) is 0 Å². The van der Waals surface area contributed by atoms with E-state index in [-0.39, 0.29) is 5.56 Å². The fourth-order valence-electron chi connectivity index (χ4n) is 0.692. The topological polar surface area (TPSA) is 63.3 Å². The molecule has 0 fully saturated rings. The second-order valence-electron chi connectivity index (χ2n) is 1.89. The van der Waals surface area contributed by atoms with Crippen LogP contribution in [0.2, 0.25) is 0 Å². The van der Waals surface area contributed by atoms with Gasteiger partial charge in [0.05, 0.1) is 5.56 Å². The van der Waals surface area contributed by atoms with Gasteiger partial charge in [-0.05, 0) is 12.1 Å². The zero-order valence-corrected chi connectivity index (χ0v) is 5.24. The number of nitrogens with two attached hydrogens (primary N) is 1. The van der Waals surface area contributed by atoms with Crippen LogP contribution in [-0.2, 0) is 0 Å². The lowest BCUT2D eigenvalue weighted by molar-refractivity contribution is 0.0698.